The average Bonchev–Trinajstić information content (AvgIpc) is 2.57. The largest absolute Gasteiger partial charge is 0.512 e. The van der Waals surface area contributed by atoms with Gasteiger partial charge in [-0.3, -0.25) is 4.79 Å². The second-order valence-electron chi connectivity index (χ2n) is 4.60. The molecule has 0 aromatic heterocycles. The van der Waals surface area contributed by atoms with Crippen LogP contribution in [0.1, 0.15) is 51.9 Å². The third-order valence-corrected chi connectivity index (χ3v) is 3.14. The number of hydrogen-bond donors (Lipinski definition) is 2. The average molecular weight is 226 g/mol. The van der Waals surface area contributed by atoms with Crippen molar-refractivity contribution in [3.63, 3.8) is 0 Å². The molecule has 2 N–H and O–H groups in total. The predicted octanol–water partition coefficient (Wildman–Crippen LogP) is 2.74. The lowest BCUT2D eigenvalue weighted by atomic mass is 10.0. The molecule has 1 fully saturated rings. The summed E-state index contributed by atoms with van der Waals surface area (Å²) in [5.74, 6) is -0.100. The fraction of sp³-hybridized carbons (Fsp3) is 0.769. The third-order valence-electron chi connectivity index (χ3n) is 3.14. The van der Waals surface area contributed by atoms with Crippen molar-refractivity contribution in [3.05, 3.63) is 11.8 Å². The fourth-order valence-corrected chi connectivity index (χ4v) is 2.11. The normalized spacial score (nSPS) is 26.4. The van der Waals surface area contributed by atoms with Gasteiger partial charge in [-0.2, -0.15) is 0 Å². The summed E-state index contributed by atoms with van der Waals surface area (Å²) in [5, 5.41) is 19.3. The summed E-state index contributed by atoms with van der Waals surface area (Å²) in [4.78, 5) is 11.1. The van der Waals surface area contributed by atoms with Gasteiger partial charge in [0.05, 0.1) is 11.9 Å². The van der Waals surface area contributed by atoms with Crippen LogP contribution in [0.15, 0.2) is 11.8 Å². The van der Waals surface area contributed by atoms with Gasteiger partial charge in [0, 0.05) is 18.8 Å². The minimum atomic E-state index is -0.681. The molecule has 0 bridgehead atoms. The van der Waals surface area contributed by atoms with E-state index in [2.05, 4.69) is 6.92 Å². The first-order valence-corrected chi connectivity index (χ1v) is 6.24. The highest BCUT2D eigenvalue weighted by Crippen LogP contribution is 2.28. The molecule has 1 rings (SSSR count). The van der Waals surface area contributed by atoms with Crippen molar-refractivity contribution >= 4 is 5.78 Å². The Balaban J connectivity index is 2.30. The van der Waals surface area contributed by atoms with Gasteiger partial charge in [-0.1, -0.05) is 26.2 Å². The summed E-state index contributed by atoms with van der Waals surface area (Å²) in [7, 11) is 0. The van der Waals surface area contributed by atoms with Crippen LogP contribution in [-0.2, 0) is 4.79 Å². The van der Waals surface area contributed by atoms with E-state index in [1.807, 2.05) is 0 Å². The lowest BCUT2D eigenvalue weighted by Gasteiger charge is -2.12. The maximum Gasteiger partial charge on any atom is 0.136 e. The Morgan fingerprint density at radius 3 is 2.69 bits per heavy atom. The molecule has 1 aliphatic rings. The molecule has 0 aromatic rings. The van der Waals surface area contributed by atoms with Gasteiger partial charge in [0.1, 0.15) is 5.78 Å². The van der Waals surface area contributed by atoms with E-state index < -0.39 is 6.10 Å². The van der Waals surface area contributed by atoms with Gasteiger partial charge in [-0.25, -0.2) is 0 Å². The summed E-state index contributed by atoms with van der Waals surface area (Å²) in [6.07, 6.45) is 7.06. The zero-order valence-electron chi connectivity index (χ0n) is 9.98. The maximum absolute atomic E-state index is 11.1. The molecule has 92 valence electrons. The molecule has 0 aliphatic heterocycles. The topological polar surface area (TPSA) is 57.5 Å². The number of Topliss-reactive ketones (excluding diaryl/α,β-unsaturated/α-hetero) is 1. The Labute approximate surface area is 97.2 Å². The molecular formula is C13H22O3. The summed E-state index contributed by atoms with van der Waals surface area (Å²) < 4.78 is 0. The van der Waals surface area contributed by atoms with E-state index in [4.69, 9.17) is 0 Å². The van der Waals surface area contributed by atoms with E-state index in [-0.39, 0.29) is 23.9 Å². The van der Waals surface area contributed by atoms with Gasteiger partial charge in [0.15, 0.2) is 0 Å². The first-order chi connectivity index (χ1) is 7.65. The lowest BCUT2D eigenvalue weighted by Crippen LogP contribution is -2.15. The minimum absolute atomic E-state index is 0.0448. The lowest BCUT2D eigenvalue weighted by molar-refractivity contribution is -0.117. The van der Waals surface area contributed by atoms with E-state index in [1.165, 1.54) is 19.3 Å². The molecule has 0 radical (unpaired) electrons. The Kier molecular flexibility index (Phi) is 5.53. The second-order valence-corrected chi connectivity index (χ2v) is 4.60. The van der Waals surface area contributed by atoms with Gasteiger partial charge in [-0.15, -0.1) is 0 Å². The molecule has 0 spiro atoms. The first-order valence-electron chi connectivity index (χ1n) is 6.24. The second kappa shape index (κ2) is 6.69. The first kappa shape index (κ1) is 13.2. The predicted molar refractivity (Wildman–Crippen MR) is 63.2 cm³/mol. The molecule has 3 heteroatoms. The van der Waals surface area contributed by atoms with Gasteiger partial charge in [-0.05, 0) is 18.9 Å². The quantitative estimate of drug-likeness (QED) is 0.541. The Bertz CT molecular complexity index is 258. The summed E-state index contributed by atoms with van der Waals surface area (Å²) >= 11 is 0. The summed E-state index contributed by atoms with van der Waals surface area (Å²) in [6.45, 7) is 2.16. The highest BCUT2D eigenvalue weighted by molar-refractivity contribution is 5.82. The molecule has 0 aromatic carbocycles. The van der Waals surface area contributed by atoms with E-state index in [0.29, 0.717) is 6.42 Å². The van der Waals surface area contributed by atoms with Crippen LogP contribution in [0.3, 0.4) is 0 Å². The van der Waals surface area contributed by atoms with E-state index in [1.54, 1.807) is 6.08 Å². The van der Waals surface area contributed by atoms with Crippen LogP contribution < -0.4 is 0 Å². The number of rotatable bonds is 6. The summed E-state index contributed by atoms with van der Waals surface area (Å²) in [6, 6.07) is 0. The van der Waals surface area contributed by atoms with Gasteiger partial charge < -0.3 is 10.2 Å². The number of hydrogen-bond acceptors (Lipinski definition) is 3. The molecule has 0 amide bonds. The van der Waals surface area contributed by atoms with Crippen LogP contribution in [0.5, 0.6) is 0 Å². The highest BCUT2D eigenvalue weighted by Gasteiger charge is 2.33. The van der Waals surface area contributed by atoms with Crippen molar-refractivity contribution in [1.29, 1.82) is 0 Å². The van der Waals surface area contributed by atoms with Crippen molar-refractivity contribution in [1.82, 2.24) is 0 Å². The van der Waals surface area contributed by atoms with Crippen LogP contribution in [0.4, 0.5) is 0 Å². The monoisotopic (exact) mass is 226 g/mol. The van der Waals surface area contributed by atoms with Crippen molar-refractivity contribution in [2.75, 3.05) is 0 Å². The molecular weight excluding hydrogens is 204 g/mol. The van der Waals surface area contributed by atoms with Crippen LogP contribution in [0.2, 0.25) is 0 Å². The van der Waals surface area contributed by atoms with Gasteiger partial charge >= 0.3 is 0 Å². The molecule has 2 unspecified atom stereocenters. The van der Waals surface area contributed by atoms with Crippen molar-refractivity contribution in [3.8, 4) is 0 Å². The van der Waals surface area contributed by atoms with Crippen LogP contribution >= 0.6 is 0 Å². The third kappa shape index (κ3) is 3.97. The van der Waals surface area contributed by atoms with Crippen molar-refractivity contribution in [2.45, 2.75) is 58.0 Å². The van der Waals surface area contributed by atoms with Crippen molar-refractivity contribution in [2.24, 2.45) is 5.92 Å². The SMILES string of the molecule is CCCCCCC=C(O)C1CC(=O)CC1O. The number of allylic oxidation sites excluding steroid dienone is 1. The van der Waals surface area contributed by atoms with Gasteiger partial charge in [0.25, 0.3) is 0 Å². The smallest absolute Gasteiger partial charge is 0.136 e. The fourth-order valence-electron chi connectivity index (χ4n) is 2.11. The molecule has 0 saturated heterocycles. The standard InChI is InChI=1S/C13H22O3/c1-2-3-4-5-6-7-12(15)11-8-10(14)9-13(11)16/h7,11,13,15-16H,2-6,8-9H2,1H3. The Morgan fingerprint density at radius 1 is 1.38 bits per heavy atom. The number of ketones is 1. The minimum Gasteiger partial charge on any atom is -0.512 e. The van der Waals surface area contributed by atoms with E-state index in [9.17, 15) is 15.0 Å². The van der Waals surface area contributed by atoms with Crippen LogP contribution in [0.25, 0.3) is 0 Å². The number of aliphatic hydroxyl groups is 2. The van der Waals surface area contributed by atoms with Crippen molar-refractivity contribution < 1.29 is 15.0 Å². The Hall–Kier alpha value is -0.830. The van der Waals surface area contributed by atoms with Crippen LogP contribution in [-0.4, -0.2) is 22.1 Å². The zero-order valence-corrected chi connectivity index (χ0v) is 9.98. The van der Waals surface area contributed by atoms with Crippen LogP contribution in [0, 0.1) is 5.92 Å². The molecule has 16 heavy (non-hydrogen) atoms. The Morgan fingerprint density at radius 2 is 2.12 bits per heavy atom. The molecule has 1 saturated carbocycles. The number of aliphatic hydroxyl groups excluding tert-OH is 2. The molecule has 3 nitrogen and oxygen atoms in total. The van der Waals surface area contributed by atoms with Gasteiger partial charge in [0.2, 0.25) is 0 Å². The molecule has 1 aliphatic carbocycles. The maximum atomic E-state index is 11.1. The number of carbonyl (C=O) groups excluding carboxylic acids is 1. The number of carbonyl (C=O) groups is 1. The number of unbranched alkanes of at least 4 members (excludes halogenated alkanes) is 4. The van der Waals surface area contributed by atoms with E-state index in [0.717, 1.165) is 12.8 Å². The molecule has 0 heterocycles. The zero-order chi connectivity index (χ0) is 12.0. The highest BCUT2D eigenvalue weighted by atomic mass is 16.3. The van der Waals surface area contributed by atoms with E-state index >= 15 is 0 Å². The molecule has 2 atom stereocenters. The summed E-state index contributed by atoms with van der Waals surface area (Å²) in [5.41, 5.74) is 0.